The Morgan fingerprint density at radius 2 is 1.86 bits per heavy atom. The van der Waals surface area contributed by atoms with Crippen molar-refractivity contribution in [2.45, 2.75) is 20.8 Å². The van der Waals surface area contributed by atoms with Crippen molar-refractivity contribution in [1.82, 2.24) is 15.2 Å². The third-order valence-electron chi connectivity index (χ3n) is 3.60. The number of rotatable bonds is 2. The molecule has 5 nitrogen and oxygen atoms in total. The van der Waals surface area contributed by atoms with E-state index in [9.17, 15) is 4.79 Å². The zero-order chi connectivity index (χ0) is 15.0. The fourth-order valence-corrected chi connectivity index (χ4v) is 2.42. The number of amides is 1. The largest absolute Gasteiger partial charge is 0.273 e. The summed E-state index contributed by atoms with van der Waals surface area (Å²) in [7, 11) is 0. The van der Waals surface area contributed by atoms with Crippen LogP contribution >= 0.6 is 0 Å². The predicted molar refractivity (Wildman–Crippen MR) is 82.3 cm³/mol. The van der Waals surface area contributed by atoms with Gasteiger partial charge >= 0.3 is 0 Å². The minimum Gasteiger partial charge on any atom is -0.267 e. The van der Waals surface area contributed by atoms with Crippen LogP contribution < -0.4 is 5.43 Å². The highest BCUT2D eigenvalue weighted by atomic mass is 16.2. The highest BCUT2D eigenvalue weighted by Gasteiger charge is 2.20. The van der Waals surface area contributed by atoms with Gasteiger partial charge in [-0.3, -0.25) is 4.79 Å². The van der Waals surface area contributed by atoms with Crippen LogP contribution in [0.1, 0.15) is 23.9 Å². The first-order valence-corrected chi connectivity index (χ1v) is 6.76. The number of para-hydroxylation sites is 1. The van der Waals surface area contributed by atoms with Crippen molar-refractivity contribution < 1.29 is 4.79 Å². The molecule has 21 heavy (non-hydrogen) atoms. The van der Waals surface area contributed by atoms with Crippen molar-refractivity contribution in [3.05, 3.63) is 52.9 Å². The van der Waals surface area contributed by atoms with Gasteiger partial charge in [-0.25, -0.2) is 10.1 Å². The molecule has 5 heteroatoms. The Morgan fingerprint density at radius 1 is 1.14 bits per heavy atom. The monoisotopic (exact) mass is 280 g/mol. The van der Waals surface area contributed by atoms with Gasteiger partial charge in [-0.15, -0.1) is 0 Å². The molecule has 1 N–H and O–H groups in total. The molecule has 1 aromatic carbocycles. The average Bonchev–Trinajstić information content (AvgIpc) is 2.95. The molecule has 0 saturated heterocycles. The van der Waals surface area contributed by atoms with Crippen molar-refractivity contribution >= 4 is 17.7 Å². The van der Waals surface area contributed by atoms with Crippen molar-refractivity contribution in [3.8, 4) is 5.69 Å². The molecular weight excluding hydrogens is 264 g/mol. The smallest absolute Gasteiger partial charge is 0.267 e. The Morgan fingerprint density at radius 3 is 2.48 bits per heavy atom. The summed E-state index contributed by atoms with van der Waals surface area (Å²) in [6, 6.07) is 9.94. The first-order valence-electron chi connectivity index (χ1n) is 6.76. The third-order valence-corrected chi connectivity index (χ3v) is 3.60. The van der Waals surface area contributed by atoms with Gasteiger partial charge < -0.3 is 0 Å². The van der Waals surface area contributed by atoms with E-state index in [2.05, 4.69) is 15.6 Å². The quantitative estimate of drug-likeness (QED) is 0.859. The Labute approximate surface area is 123 Å². The summed E-state index contributed by atoms with van der Waals surface area (Å²) in [5.74, 6) is -0.168. The number of nitrogens with zero attached hydrogens (tertiary/aromatic N) is 3. The summed E-state index contributed by atoms with van der Waals surface area (Å²) in [4.78, 5) is 11.8. The molecular formula is C16H16N4O. The van der Waals surface area contributed by atoms with Gasteiger partial charge in [0.25, 0.3) is 5.91 Å². The summed E-state index contributed by atoms with van der Waals surface area (Å²) in [5.41, 5.74) is 7.61. The van der Waals surface area contributed by atoms with Crippen LogP contribution in [-0.4, -0.2) is 21.4 Å². The molecule has 1 aromatic heterocycles. The molecule has 0 aliphatic carbocycles. The minimum atomic E-state index is -0.168. The van der Waals surface area contributed by atoms with E-state index in [1.165, 1.54) is 0 Å². The van der Waals surface area contributed by atoms with Crippen LogP contribution in [0.5, 0.6) is 0 Å². The second kappa shape index (κ2) is 5.01. The van der Waals surface area contributed by atoms with E-state index in [1.807, 2.05) is 61.9 Å². The van der Waals surface area contributed by atoms with Gasteiger partial charge in [-0.1, -0.05) is 18.2 Å². The van der Waals surface area contributed by atoms with E-state index in [-0.39, 0.29) is 5.91 Å². The molecule has 0 fully saturated rings. The molecule has 0 saturated carbocycles. The van der Waals surface area contributed by atoms with Crippen LogP contribution in [0.25, 0.3) is 11.8 Å². The summed E-state index contributed by atoms with van der Waals surface area (Å²) < 4.78 is 1.89. The summed E-state index contributed by atoms with van der Waals surface area (Å²) in [6.45, 7) is 5.76. The van der Waals surface area contributed by atoms with Crippen molar-refractivity contribution in [2.24, 2.45) is 5.10 Å². The van der Waals surface area contributed by atoms with Gasteiger partial charge in [0.2, 0.25) is 0 Å². The maximum absolute atomic E-state index is 11.8. The lowest BCUT2D eigenvalue weighted by atomic mass is 10.1. The first-order chi connectivity index (χ1) is 10.1. The Bertz CT molecular complexity index is 769. The lowest BCUT2D eigenvalue weighted by Gasteiger charge is -2.04. The van der Waals surface area contributed by atoms with E-state index in [4.69, 9.17) is 0 Å². The van der Waals surface area contributed by atoms with E-state index >= 15 is 0 Å². The van der Waals surface area contributed by atoms with Crippen molar-refractivity contribution in [2.75, 3.05) is 0 Å². The molecule has 1 aliphatic heterocycles. The summed E-state index contributed by atoms with van der Waals surface area (Å²) >= 11 is 0. The average molecular weight is 280 g/mol. The molecule has 2 aromatic rings. The highest BCUT2D eigenvalue weighted by molar-refractivity contribution is 6.26. The highest BCUT2D eigenvalue weighted by Crippen LogP contribution is 2.21. The molecule has 106 valence electrons. The second-order valence-electron chi connectivity index (χ2n) is 5.03. The molecule has 1 aliphatic rings. The molecule has 1 amide bonds. The third kappa shape index (κ3) is 2.27. The Hall–Kier alpha value is -2.69. The number of carbonyl (C=O) groups is 1. The van der Waals surface area contributed by atoms with Crippen LogP contribution in [0.2, 0.25) is 0 Å². The van der Waals surface area contributed by atoms with Crippen LogP contribution in [0.15, 0.2) is 41.0 Å². The number of hydrazone groups is 1. The van der Waals surface area contributed by atoms with Crippen LogP contribution in [0.4, 0.5) is 0 Å². The maximum atomic E-state index is 11.8. The molecule has 0 unspecified atom stereocenters. The zero-order valence-corrected chi connectivity index (χ0v) is 12.2. The number of carbonyl (C=O) groups excluding carboxylic acids is 1. The fourth-order valence-electron chi connectivity index (χ4n) is 2.42. The molecule has 0 spiro atoms. The minimum absolute atomic E-state index is 0.168. The van der Waals surface area contributed by atoms with Gasteiger partial charge in [0.15, 0.2) is 0 Å². The molecule has 0 atom stereocenters. The second-order valence-corrected chi connectivity index (χ2v) is 5.03. The van der Waals surface area contributed by atoms with E-state index in [0.717, 1.165) is 22.6 Å². The van der Waals surface area contributed by atoms with Crippen LogP contribution in [0, 0.1) is 13.8 Å². The van der Waals surface area contributed by atoms with Crippen molar-refractivity contribution in [3.63, 3.8) is 0 Å². The standard InChI is InChI=1S/C16H16N4O/c1-10-15(16(21)18-17-10)9-14-11(2)19-20(12(14)3)13-7-5-4-6-8-13/h4-9H,1-3H3,(H,18,21)/b15-9-. The number of benzene rings is 1. The number of aromatic nitrogens is 2. The van der Waals surface area contributed by atoms with E-state index in [1.54, 1.807) is 0 Å². The number of aryl methyl sites for hydroxylation is 1. The predicted octanol–water partition coefficient (Wildman–Crippen LogP) is 2.38. The van der Waals surface area contributed by atoms with E-state index in [0.29, 0.717) is 11.3 Å². The maximum Gasteiger partial charge on any atom is 0.273 e. The SMILES string of the molecule is CC1=NNC(=O)/C1=C\c1c(C)nn(-c2ccccc2)c1C. The Balaban J connectivity index is 2.10. The topological polar surface area (TPSA) is 59.3 Å². The normalized spacial score (nSPS) is 16.2. The molecule has 0 bridgehead atoms. The van der Waals surface area contributed by atoms with Gasteiger partial charge in [0.1, 0.15) is 0 Å². The molecule has 2 heterocycles. The van der Waals surface area contributed by atoms with E-state index < -0.39 is 0 Å². The van der Waals surface area contributed by atoms with Gasteiger partial charge in [-0.2, -0.15) is 10.2 Å². The van der Waals surface area contributed by atoms with Gasteiger partial charge in [0.05, 0.1) is 22.7 Å². The van der Waals surface area contributed by atoms with Crippen molar-refractivity contribution in [1.29, 1.82) is 0 Å². The lowest BCUT2D eigenvalue weighted by Crippen LogP contribution is -2.12. The molecule has 3 rings (SSSR count). The first kappa shape index (κ1) is 13.3. The molecule has 0 radical (unpaired) electrons. The number of hydrogen-bond donors (Lipinski definition) is 1. The zero-order valence-electron chi connectivity index (χ0n) is 12.2. The lowest BCUT2D eigenvalue weighted by molar-refractivity contribution is -0.116. The Kier molecular flexibility index (Phi) is 3.17. The van der Waals surface area contributed by atoms with Crippen LogP contribution in [0.3, 0.4) is 0 Å². The summed E-state index contributed by atoms with van der Waals surface area (Å²) in [6.07, 6.45) is 1.86. The number of nitrogens with one attached hydrogen (secondary N) is 1. The van der Waals surface area contributed by atoms with Gasteiger partial charge in [0, 0.05) is 11.3 Å². The number of hydrogen-bond acceptors (Lipinski definition) is 3. The summed E-state index contributed by atoms with van der Waals surface area (Å²) in [5, 5.41) is 8.51. The fraction of sp³-hybridized carbons (Fsp3) is 0.188. The van der Waals surface area contributed by atoms with Crippen LogP contribution in [-0.2, 0) is 4.79 Å². The van der Waals surface area contributed by atoms with Gasteiger partial charge in [-0.05, 0) is 39.0 Å².